The molecular weight excluding hydrogens is 292 g/mol. The van der Waals surface area contributed by atoms with Crippen molar-refractivity contribution in [3.05, 3.63) is 23.8 Å². The summed E-state index contributed by atoms with van der Waals surface area (Å²) in [6, 6.07) is 5.75. The van der Waals surface area contributed by atoms with Crippen LogP contribution in [0.2, 0.25) is 0 Å². The van der Waals surface area contributed by atoms with Crippen LogP contribution in [0.5, 0.6) is 11.5 Å². The molecule has 4 nitrogen and oxygen atoms in total. The molecule has 0 radical (unpaired) electrons. The molecule has 2 bridgehead atoms. The lowest BCUT2D eigenvalue weighted by Gasteiger charge is -2.47. The van der Waals surface area contributed by atoms with Crippen molar-refractivity contribution in [2.24, 2.45) is 0 Å². The molecule has 3 aliphatic heterocycles. The molecule has 3 heterocycles. The van der Waals surface area contributed by atoms with Crippen LogP contribution in [0.25, 0.3) is 0 Å². The zero-order chi connectivity index (χ0) is 15.3. The quantitative estimate of drug-likeness (QED) is 0.912. The Bertz CT molecular complexity index is 567. The molecule has 6 heteroatoms. The lowest BCUT2D eigenvalue weighted by atomic mass is 9.82. The molecule has 120 valence electrons. The van der Waals surface area contributed by atoms with Crippen molar-refractivity contribution in [1.29, 1.82) is 0 Å². The van der Waals surface area contributed by atoms with Gasteiger partial charge in [0.25, 0.3) is 0 Å². The van der Waals surface area contributed by atoms with Crippen molar-refractivity contribution >= 4 is 0 Å². The second kappa shape index (κ2) is 5.06. The number of rotatable bonds is 2. The van der Waals surface area contributed by atoms with Crippen molar-refractivity contribution in [3.8, 4) is 11.5 Å². The summed E-state index contributed by atoms with van der Waals surface area (Å²) in [5.41, 5.74) is 0.938. The lowest BCUT2D eigenvalue weighted by Crippen LogP contribution is -2.52. The Morgan fingerprint density at radius 3 is 2.55 bits per heavy atom. The van der Waals surface area contributed by atoms with Gasteiger partial charge in [-0.1, -0.05) is 12.5 Å². The highest BCUT2D eigenvalue weighted by molar-refractivity contribution is 5.45. The van der Waals surface area contributed by atoms with Gasteiger partial charge in [0.2, 0.25) is 0 Å². The van der Waals surface area contributed by atoms with Crippen LogP contribution in [0, 0.1) is 0 Å². The third kappa shape index (κ3) is 2.54. The summed E-state index contributed by atoms with van der Waals surface area (Å²) in [5, 5.41) is 9.94. The first-order valence-electron chi connectivity index (χ1n) is 7.83. The van der Waals surface area contributed by atoms with Crippen LogP contribution in [0.3, 0.4) is 0 Å². The minimum Gasteiger partial charge on any atom is -0.395 e. The van der Waals surface area contributed by atoms with Gasteiger partial charge in [-0.25, -0.2) is 0 Å². The minimum absolute atomic E-state index is 0.0861. The third-order valence-electron chi connectivity index (χ3n) is 4.93. The molecule has 3 atom stereocenters. The molecule has 3 aliphatic rings. The number of piperidine rings is 2. The van der Waals surface area contributed by atoms with Gasteiger partial charge in [-0.3, -0.25) is 4.90 Å². The van der Waals surface area contributed by atoms with Crippen LogP contribution >= 0.6 is 0 Å². The fourth-order valence-electron chi connectivity index (χ4n) is 4.01. The van der Waals surface area contributed by atoms with E-state index in [-0.39, 0.29) is 17.6 Å². The number of aliphatic hydroxyl groups excluding tert-OH is 1. The number of benzene rings is 1. The van der Waals surface area contributed by atoms with Crippen molar-refractivity contribution in [1.82, 2.24) is 4.90 Å². The molecule has 4 rings (SSSR count). The maximum Gasteiger partial charge on any atom is 0.586 e. The zero-order valence-electron chi connectivity index (χ0n) is 12.2. The summed E-state index contributed by atoms with van der Waals surface area (Å²) < 4.78 is 35.1. The van der Waals surface area contributed by atoms with Gasteiger partial charge in [-0.2, -0.15) is 0 Å². The molecule has 1 N–H and O–H groups in total. The molecule has 0 amide bonds. The molecule has 1 aromatic rings. The molecule has 1 aromatic carbocycles. The number of nitrogens with zero attached hydrogens (tertiary/aromatic N) is 1. The van der Waals surface area contributed by atoms with Crippen LogP contribution in [-0.2, 0) is 6.54 Å². The van der Waals surface area contributed by atoms with E-state index < -0.39 is 6.29 Å². The smallest absolute Gasteiger partial charge is 0.395 e. The summed E-state index contributed by atoms with van der Waals surface area (Å²) in [5.74, 6) is 0.188. The average Bonchev–Trinajstić information content (AvgIpc) is 2.73. The van der Waals surface area contributed by atoms with E-state index in [9.17, 15) is 13.9 Å². The van der Waals surface area contributed by atoms with E-state index >= 15 is 0 Å². The third-order valence-corrected chi connectivity index (χ3v) is 4.93. The van der Waals surface area contributed by atoms with Crippen molar-refractivity contribution in [2.75, 3.05) is 0 Å². The van der Waals surface area contributed by atoms with Gasteiger partial charge in [0.1, 0.15) is 0 Å². The van der Waals surface area contributed by atoms with Crippen LogP contribution < -0.4 is 9.47 Å². The van der Waals surface area contributed by atoms with Gasteiger partial charge >= 0.3 is 6.29 Å². The summed E-state index contributed by atoms with van der Waals surface area (Å²) in [6.45, 7) is 0.699. The second-order valence-corrected chi connectivity index (χ2v) is 6.48. The number of fused-ring (bicyclic) bond motifs is 3. The maximum absolute atomic E-state index is 13.1. The average molecular weight is 311 g/mol. The molecule has 1 unspecified atom stereocenters. The van der Waals surface area contributed by atoms with E-state index in [1.807, 2.05) is 6.07 Å². The molecule has 0 aliphatic carbocycles. The maximum atomic E-state index is 13.1. The van der Waals surface area contributed by atoms with Crippen LogP contribution in [0.15, 0.2) is 18.2 Å². The summed E-state index contributed by atoms with van der Waals surface area (Å²) in [7, 11) is 0. The van der Waals surface area contributed by atoms with Crippen molar-refractivity contribution in [3.63, 3.8) is 0 Å². The fraction of sp³-hybridized carbons (Fsp3) is 0.625. The number of hydrogen-bond donors (Lipinski definition) is 1. The molecule has 2 saturated heterocycles. The first-order chi connectivity index (χ1) is 10.5. The predicted molar refractivity (Wildman–Crippen MR) is 74.9 cm³/mol. The first-order valence-corrected chi connectivity index (χ1v) is 7.83. The van der Waals surface area contributed by atoms with Crippen molar-refractivity contribution in [2.45, 2.75) is 63.1 Å². The highest BCUT2D eigenvalue weighted by Crippen LogP contribution is 2.42. The highest BCUT2D eigenvalue weighted by Gasteiger charge is 2.43. The molecular formula is C16H19F2NO3. The van der Waals surface area contributed by atoms with E-state index in [0.717, 1.165) is 31.2 Å². The van der Waals surface area contributed by atoms with Crippen LogP contribution in [0.1, 0.15) is 37.7 Å². The highest BCUT2D eigenvalue weighted by atomic mass is 19.3. The number of alkyl halides is 2. The molecule has 2 fully saturated rings. The standard InChI is InChI=1S/C16H19F2NO3/c17-16(18)21-14-5-4-10(6-15(14)22-16)9-19-11-2-1-3-12(19)8-13(20)7-11/h4-6,11-13,20H,1-3,7-9H2/t11-,12+,13?. The van der Waals surface area contributed by atoms with E-state index in [2.05, 4.69) is 14.4 Å². The number of halogens is 2. The van der Waals surface area contributed by atoms with Gasteiger partial charge in [-0.15, -0.1) is 8.78 Å². The SMILES string of the molecule is OC1C[C@H]2CCC[C@@H](C1)N2Cc1ccc2c(c1)OC(F)(F)O2. The molecule has 0 aromatic heterocycles. The Balaban J connectivity index is 1.52. The van der Waals surface area contributed by atoms with E-state index in [1.165, 1.54) is 6.42 Å². The van der Waals surface area contributed by atoms with Gasteiger partial charge in [-0.05, 0) is 43.4 Å². The monoisotopic (exact) mass is 311 g/mol. The number of aliphatic hydroxyl groups is 1. The number of ether oxygens (including phenoxy) is 2. The van der Waals surface area contributed by atoms with Crippen molar-refractivity contribution < 1.29 is 23.4 Å². The zero-order valence-corrected chi connectivity index (χ0v) is 12.2. The minimum atomic E-state index is -3.56. The Labute approximate surface area is 127 Å². The summed E-state index contributed by atoms with van der Waals surface area (Å²) in [4.78, 5) is 2.41. The topological polar surface area (TPSA) is 41.9 Å². The van der Waals surface area contributed by atoms with E-state index in [4.69, 9.17) is 0 Å². The molecule has 22 heavy (non-hydrogen) atoms. The first kappa shape index (κ1) is 14.2. The summed E-state index contributed by atoms with van der Waals surface area (Å²) >= 11 is 0. The summed E-state index contributed by atoms with van der Waals surface area (Å²) in [6.07, 6.45) is 1.23. The lowest BCUT2D eigenvalue weighted by molar-refractivity contribution is -0.286. The Hall–Kier alpha value is -1.40. The fourth-order valence-corrected chi connectivity index (χ4v) is 4.01. The Morgan fingerprint density at radius 1 is 1.14 bits per heavy atom. The van der Waals surface area contributed by atoms with Gasteiger partial charge < -0.3 is 14.6 Å². The largest absolute Gasteiger partial charge is 0.586 e. The van der Waals surface area contributed by atoms with Gasteiger partial charge in [0.15, 0.2) is 11.5 Å². The second-order valence-electron chi connectivity index (χ2n) is 6.48. The van der Waals surface area contributed by atoms with Gasteiger partial charge in [0, 0.05) is 18.6 Å². The van der Waals surface area contributed by atoms with Crippen LogP contribution in [0.4, 0.5) is 8.78 Å². The van der Waals surface area contributed by atoms with Gasteiger partial charge in [0.05, 0.1) is 6.10 Å². The number of hydrogen-bond acceptors (Lipinski definition) is 4. The normalized spacial score (nSPS) is 33.0. The predicted octanol–water partition coefficient (Wildman–Crippen LogP) is 2.89. The van der Waals surface area contributed by atoms with Crippen LogP contribution in [-0.4, -0.2) is 34.5 Å². The van der Waals surface area contributed by atoms with E-state index in [0.29, 0.717) is 18.6 Å². The molecule has 0 spiro atoms. The molecule has 0 saturated carbocycles. The Kier molecular flexibility index (Phi) is 3.27. The van der Waals surface area contributed by atoms with E-state index in [1.54, 1.807) is 12.1 Å². The Morgan fingerprint density at radius 2 is 1.82 bits per heavy atom.